The van der Waals surface area contributed by atoms with Crippen LogP contribution >= 0.6 is 11.6 Å². The lowest BCUT2D eigenvalue weighted by Crippen LogP contribution is -2.19. The second-order valence-corrected chi connectivity index (χ2v) is 8.06. The highest BCUT2D eigenvalue weighted by Gasteiger charge is 2.14. The predicted molar refractivity (Wildman–Crippen MR) is 131 cm³/mol. The standard InChI is InChI=1S/C27H30ClNO2/c1-5-26(22-7-6-8-23(28)19-22)27(20-9-13-24(30-4)14-10-20)21-11-15-25(16-12-21)31-18-17-29(2)3/h6-16,19H,5,17-18H2,1-4H3/b27-26-. The van der Waals surface area contributed by atoms with E-state index in [2.05, 4.69) is 42.2 Å². The third-order valence-corrected chi connectivity index (χ3v) is 5.39. The molecule has 0 amide bonds. The van der Waals surface area contributed by atoms with E-state index in [4.69, 9.17) is 21.1 Å². The van der Waals surface area contributed by atoms with E-state index in [1.165, 1.54) is 11.1 Å². The van der Waals surface area contributed by atoms with Crippen molar-refractivity contribution in [2.45, 2.75) is 13.3 Å². The van der Waals surface area contributed by atoms with Crippen molar-refractivity contribution in [3.63, 3.8) is 0 Å². The van der Waals surface area contributed by atoms with E-state index in [0.29, 0.717) is 6.61 Å². The zero-order chi connectivity index (χ0) is 22.2. The molecule has 0 saturated heterocycles. The molecule has 0 spiro atoms. The minimum atomic E-state index is 0.663. The fourth-order valence-electron chi connectivity index (χ4n) is 3.54. The first-order chi connectivity index (χ1) is 15.0. The maximum atomic E-state index is 6.31. The lowest BCUT2D eigenvalue weighted by atomic mass is 9.88. The number of rotatable bonds is 9. The minimum Gasteiger partial charge on any atom is -0.497 e. The lowest BCUT2D eigenvalue weighted by Gasteiger charge is -2.17. The number of allylic oxidation sites excluding steroid dienone is 1. The van der Waals surface area contributed by atoms with Crippen molar-refractivity contribution in [2.75, 3.05) is 34.4 Å². The number of benzene rings is 3. The van der Waals surface area contributed by atoms with Gasteiger partial charge in [0.05, 0.1) is 7.11 Å². The molecule has 0 bridgehead atoms. The van der Waals surface area contributed by atoms with Crippen molar-refractivity contribution in [3.05, 3.63) is 94.5 Å². The topological polar surface area (TPSA) is 21.7 Å². The van der Waals surface area contributed by atoms with Crippen molar-refractivity contribution < 1.29 is 9.47 Å². The number of hydrogen-bond donors (Lipinski definition) is 0. The molecular weight excluding hydrogens is 406 g/mol. The molecule has 3 aromatic carbocycles. The molecule has 3 nitrogen and oxygen atoms in total. The Morgan fingerprint density at radius 1 is 0.839 bits per heavy atom. The van der Waals surface area contributed by atoms with Crippen molar-refractivity contribution >= 4 is 22.7 Å². The molecule has 0 heterocycles. The molecule has 0 atom stereocenters. The van der Waals surface area contributed by atoms with Crippen LogP contribution in [0.5, 0.6) is 11.5 Å². The first kappa shape index (κ1) is 22.9. The second kappa shape index (κ2) is 11.0. The smallest absolute Gasteiger partial charge is 0.119 e. The van der Waals surface area contributed by atoms with Gasteiger partial charge in [0.2, 0.25) is 0 Å². The Morgan fingerprint density at radius 3 is 1.97 bits per heavy atom. The number of nitrogens with zero attached hydrogens (tertiary/aromatic N) is 1. The van der Waals surface area contributed by atoms with Gasteiger partial charge >= 0.3 is 0 Å². The maximum absolute atomic E-state index is 6.31. The highest BCUT2D eigenvalue weighted by Crippen LogP contribution is 2.36. The van der Waals surface area contributed by atoms with Gasteiger partial charge in [-0.1, -0.05) is 54.9 Å². The van der Waals surface area contributed by atoms with E-state index in [0.717, 1.165) is 46.2 Å². The van der Waals surface area contributed by atoms with Crippen LogP contribution in [0.4, 0.5) is 0 Å². The second-order valence-electron chi connectivity index (χ2n) is 7.62. The van der Waals surface area contributed by atoms with Crippen molar-refractivity contribution in [1.29, 1.82) is 0 Å². The minimum absolute atomic E-state index is 0.663. The molecule has 31 heavy (non-hydrogen) atoms. The van der Waals surface area contributed by atoms with Crippen LogP contribution in [0.1, 0.15) is 30.0 Å². The lowest BCUT2D eigenvalue weighted by molar-refractivity contribution is 0.261. The molecule has 0 aromatic heterocycles. The van der Waals surface area contributed by atoms with Crippen molar-refractivity contribution in [3.8, 4) is 11.5 Å². The van der Waals surface area contributed by atoms with Gasteiger partial charge in [0.15, 0.2) is 0 Å². The van der Waals surface area contributed by atoms with Crippen LogP contribution in [-0.2, 0) is 0 Å². The largest absolute Gasteiger partial charge is 0.497 e. The van der Waals surface area contributed by atoms with E-state index in [9.17, 15) is 0 Å². The monoisotopic (exact) mass is 435 g/mol. The quantitative estimate of drug-likeness (QED) is 0.351. The van der Waals surface area contributed by atoms with Crippen molar-refractivity contribution in [2.24, 2.45) is 0 Å². The van der Waals surface area contributed by atoms with Crippen molar-refractivity contribution in [1.82, 2.24) is 4.90 Å². The normalized spacial score (nSPS) is 11.9. The highest BCUT2D eigenvalue weighted by atomic mass is 35.5. The third kappa shape index (κ3) is 6.13. The van der Waals surface area contributed by atoms with Gasteiger partial charge in [-0.3, -0.25) is 0 Å². The molecule has 3 rings (SSSR count). The van der Waals surface area contributed by atoms with Crippen LogP contribution in [0.3, 0.4) is 0 Å². The molecule has 0 radical (unpaired) electrons. The van der Waals surface area contributed by atoms with Gasteiger partial charge in [0, 0.05) is 11.6 Å². The van der Waals surface area contributed by atoms with Gasteiger partial charge in [-0.25, -0.2) is 0 Å². The Kier molecular flexibility index (Phi) is 8.16. The van der Waals surface area contributed by atoms with Gasteiger partial charge < -0.3 is 14.4 Å². The zero-order valence-electron chi connectivity index (χ0n) is 18.7. The SMILES string of the molecule is CC/C(=C(\c1ccc(OC)cc1)c1ccc(OCCN(C)C)cc1)c1cccc(Cl)c1. The summed E-state index contributed by atoms with van der Waals surface area (Å²) in [6.07, 6.45) is 0.878. The Labute approximate surface area is 190 Å². The van der Waals surface area contributed by atoms with Gasteiger partial charge in [-0.2, -0.15) is 0 Å². The average molecular weight is 436 g/mol. The fourth-order valence-corrected chi connectivity index (χ4v) is 3.73. The van der Waals surface area contributed by atoms with Gasteiger partial charge in [0.25, 0.3) is 0 Å². The predicted octanol–water partition coefficient (Wildman–Crippen LogP) is 6.66. The number of methoxy groups -OCH3 is 1. The molecule has 0 unspecified atom stereocenters. The molecular formula is C27H30ClNO2. The molecule has 0 aliphatic heterocycles. The Bertz CT molecular complexity index is 1010. The van der Waals surface area contributed by atoms with Gasteiger partial charge in [0.1, 0.15) is 18.1 Å². The molecule has 0 N–H and O–H groups in total. The summed E-state index contributed by atoms with van der Waals surface area (Å²) in [5.41, 5.74) is 5.84. The Hall–Kier alpha value is -2.75. The summed E-state index contributed by atoms with van der Waals surface area (Å²) in [4.78, 5) is 2.11. The Balaban J connectivity index is 2.05. The van der Waals surface area contributed by atoms with E-state index in [1.807, 2.05) is 56.6 Å². The summed E-state index contributed by atoms with van der Waals surface area (Å²) in [6.45, 7) is 3.72. The van der Waals surface area contributed by atoms with Crippen LogP contribution in [0, 0.1) is 0 Å². The highest BCUT2D eigenvalue weighted by molar-refractivity contribution is 6.30. The molecule has 0 saturated carbocycles. The number of halogens is 1. The molecule has 0 aliphatic rings. The van der Waals surface area contributed by atoms with Crippen LogP contribution in [0.15, 0.2) is 72.8 Å². The molecule has 0 aliphatic carbocycles. The van der Waals surface area contributed by atoms with Gasteiger partial charge in [-0.15, -0.1) is 0 Å². The van der Waals surface area contributed by atoms with E-state index in [1.54, 1.807) is 7.11 Å². The zero-order valence-corrected chi connectivity index (χ0v) is 19.4. The third-order valence-electron chi connectivity index (χ3n) is 5.16. The summed E-state index contributed by atoms with van der Waals surface area (Å²) < 4.78 is 11.2. The maximum Gasteiger partial charge on any atom is 0.119 e. The van der Waals surface area contributed by atoms with E-state index in [-0.39, 0.29) is 0 Å². The summed E-state index contributed by atoms with van der Waals surface area (Å²) in [7, 11) is 5.77. The van der Waals surface area contributed by atoms with E-state index < -0.39 is 0 Å². The molecule has 4 heteroatoms. The molecule has 162 valence electrons. The van der Waals surface area contributed by atoms with Crippen LogP contribution in [-0.4, -0.2) is 39.3 Å². The molecule has 0 fully saturated rings. The first-order valence-corrected chi connectivity index (χ1v) is 10.9. The van der Waals surface area contributed by atoms with Crippen LogP contribution in [0.2, 0.25) is 5.02 Å². The van der Waals surface area contributed by atoms with E-state index >= 15 is 0 Å². The summed E-state index contributed by atoms with van der Waals surface area (Å²) in [5.74, 6) is 1.72. The van der Waals surface area contributed by atoms with Crippen LogP contribution < -0.4 is 9.47 Å². The number of hydrogen-bond acceptors (Lipinski definition) is 3. The average Bonchev–Trinajstić information content (AvgIpc) is 2.78. The summed E-state index contributed by atoms with van der Waals surface area (Å²) in [5, 5.41) is 0.738. The Morgan fingerprint density at radius 2 is 1.45 bits per heavy atom. The number of ether oxygens (including phenoxy) is 2. The molecule has 3 aromatic rings. The van der Waals surface area contributed by atoms with Crippen LogP contribution in [0.25, 0.3) is 11.1 Å². The summed E-state index contributed by atoms with van der Waals surface area (Å²) in [6, 6.07) is 24.6. The number of likely N-dealkylation sites (N-methyl/N-ethyl adjacent to an activating group) is 1. The van der Waals surface area contributed by atoms with Gasteiger partial charge in [-0.05, 0) is 84.8 Å². The first-order valence-electron chi connectivity index (χ1n) is 10.5. The fraction of sp³-hybridized carbons (Fsp3) is 0.259. The summed E-state index contributed by atoms with van der Waals surface area (Å²) >= 11 is 6.31.